The second-order valence-corrected chi connectivity index (χ2v) is 9.93. The van der Waals surface area contributed by atoms with Crippen molar-refractivity contribution in [2.45, 2.75) is 24.7 Å². The lowest BCUT2D eigenvalue weighted by Crippen LogP contribution is -2.41. The molecule has 0 spiro atoms. The van der Waals surface area contributed by atoms with Crippen molar-refractivity contribution in [1.82, 2.24) is 5.32 Å². The van der Waals surface area contributed by atoms with Crippen LogP contribution in [-0.2, 0) is 14.8 Å². The van der Waals surface area contributed by atoms with Crippen molar-refractivity contribution in [3.8, 4) is 17.2 Å². The molecule has 0 aliphatic rings. The number of hydrogen-bond acceptors (Lipinski definition) is 6. The van der Waals surface area contributed by atoms with E-state index >= 15 is 0 Å². The fourth-order valence-electron chi connectivity index (χ4n) is 3.65. The summed E-state index contributed by atoms with van der Waals surface area (Å²) in [4.78, 5) is 12.9. The van der Waals surface area contributed by atoms with E-state index in [0.717, 1.165) is 9.87 Å². The van der Waals surface area contributed by atoms with Crippen LogP contribution in [-0.4, -0.2) is 48.2 Å². The smallest absolute Gasteiger partial charge is 0.264 e. The van der Waals surface area contributed by atoms with Gasteiger partial charge in [-0.05, 0) is 54.8 Å². The molecule has 8 nitrogen and oxygen atoms in total. The van der Waals surface area contributed by atoms with Crippen LogP contribution in [0.4, 0.5) is 5.69 Å². The number of amides is 1. The first-order valence-electron chi connectivity index (χ1n) is 11.6. The topological polar surface area (TPSA) is 94.2 Å². The van der Waals surface area contributed by atoms with Gasteiger partial charge in [0.25, 0.3) is 10.0 Å². The number of sulfonamides is 1. The summed E-state index contributed by atoms with van der Waals surface area (Å²) in [5.74, 6) is 0.918. The quantitative estimate of drug-likeness (QED) is 0.391. The van der Waals surface area contributed by atoms with E-state index in [-0.39, 0.29) is 16.6 Å². The van der Waals surface area contributed by atoms with E-state index in [0.29, 0.717) is 30.3 Å². The molecule has 3 rings (SSSR count). The molecule has 0 saturated heterocycles. The van der Waals surface area contributed by atoms with E-state index in [1.165, 1.54) is 32.4 Å². The molecule has 0 radical (unpaired) electrons. The average Bonchev–Trinajstić information content (AvgIpc) is 2.91. The van der Waals surface area contributed by atoms with Crippen molar-refractivity contribution in [2.24, 2.45) is 0 Å². The SMILES string of the molecule is CCOc1ccc(N(CC(=O)NC[C@@H](C)c2ccccc2)S(=O)(=O)c2ccc(OC)c(OC)c2)cc1. The van der Waals surface area contributed by atoms with E-state index < -0.39 is 22.5 Å². The fourth-order valence-corrected chi connectivity index (χ4v) is 5.08. The Balaban J connectivity index is 1.88. The number of methoxy groups -OCH3 is 2. The highest BCUT2D eigenvalue weighted by atomic mass is 32.2. The second kappa shape index (κ2) is 12.3. The first-order valence-corrected chi connectivity index (χ1v) is 13.0. The number of ether oxygens (including phenoxy) is 3. The summed E-state index contributed by atoms with van der Waals surface area (Å²) in [5.41, 5.74) is 1.42. The third-order valence-corrected chi connectivity index (χ3v) is 7.41. The zero-order chi connectivity index (χ0) is 26.1. The third-order valence-electron chi connectivity index (χ3n) is 5.64. The number of carbonyl (C=O) groups excluding carboxylic acids is 1. The predicted molar refractivity (Wildman–Crippen MR) is 140 cm³/mol. The van der Waals surface area contributed by atoms with Crippen molar-refractivity contribution in [3.63, 3.8) is 0 Å². The summed E-state index contributed by atoms with van der Waals surface area (Å²) < 4.78 is 44.5. The van der Waals surface area contributed by atoms with Crippen LogP contribution in [0, 0.1) is 0 Å². The summed E-state index contributed by atoms with van der Waals surface area (Å²) in [7, 11) is -1.22. The Hall–Kier alpha value is -3.72. The molecule has 192 valence electrons. The number of carbonyl (C=O) groups is 1. The Morgan fingerprint density at radius 1 is 0.944 bits per heavy atom. The molecule has 1 amide bonds. The highest BCUT2D eigenvalue weighted by Crippen LogP contribution is 2.32. The van der Waals surface area contributed by atoms with Crippen LogP contribution in [0.25, 0.3) is 0 Å². The van der Waals surface area contributed by atoms with E-state index in [1.54, 1.807) is 24.3 Å². The van der Waals surface area contributed by atoms with Crippen molar-refractivity contribution in [3.05, 3.63) is 78.4 Å². The minimum Gasteiger partial charge on any atom is -0.494 e. The Bertz CT molecular complexity index is 1250. The lowest BCUT2D eigenvalue weighted by atomic mass is 10.0. The maximum Gasteiger partial charge on any atom is 0.264 e. The Morgan fingerprint density at radius 2 is 1.61 bits per heavy atom. The van der Waals surface area contributed by atoms with Crippen LogP contribution in [0.1, 0.15) is 25.3 Å². The summed E-state index contributed by atoms with van der Waals surface area (Å²) in [5, 5.41) is 2.86. The number of benzene rings is 3. The normalized spacial score (nSPS) is 11.9. The monoisotopic (exact) mass is 512 g/mol. The van der Waals surface area contributed by atoms with Crippen molar-refractivity contribution in [2.75, 3.05) is 38.2 Å². The highest BCUT2D eigenvalue weighted by Gasteiger charge is 2.28. The molecule has 0 heterocycles. The standard InChI is InChI=1S/C27H32N2O6S/c1-5-35-23-13-11-22(12-14-23)29(19-27(30)28-18-20(2)21-9-7-6-8-10-21)36(31,32)24-15-16-25(33-3)26(17-24)34-4/h6-17,20H,5,18-19H2,1-4H3,(H,28,30)/t20-/m1/s1. The van der Waals surface area contributed by atoms with Crippen LogP contribution < -0.4 is 23.8 Å². The summed E-state index contributed by atoms with van der Waals surface area (Å²) in [6, 6.07) is 20.7. The lowest BCUT2D eigenvalue weighted by Gasteiger charge is -2.25. The molecule has 9 heteroatoms. The molecule has 0 aliphatic heterocycles. The minimum atomic E-state index is -4.13. The van der Waals surface area contributed by atoms with Crippen LogP contribution in [0.3, 0.4) is 0 Å². The molecule has 0 aliphatic carbocycles. The molecule has 0 aromatic heterocycles. The van der Waals surface area contributed by atoms with Crippen LogP contribution in [0.5, 0.6) is 17.2 Å². The molecule has 1 atom stereocenters. The van der Waals surface area contributed by atoms with Gasteiger partial charge in [-0.2, -0.15) is 0 Å². The van der Waals surface area contributed by atoms with Crippen LogP contribution in [0.2, 0.25) is 0 Å². The van der Waals surface area contributed by atoms with Crippen molar-refractivity contribution in [1.29, 1.82) is 0 Å². The molecule has 0 saturated carbocycles. The Kier molecular flexibility index (Phi) is 9.19. The van der Waals surface area contributed by atoms with Gasteiger partial charge in [0, 0.05) is 12.6 Å². The zero-order valence-electron chi connectivity index (χ0n) is 20.9. The first kappa shape index (κ1) is 26.9. The number of rotatable bonds is 12. The van der Waals surface area contributed by atoms with Gasteiger partial charge in [0.05, 0.1) is 31.4 Å². The first-order chi connectivity index (χ1) is 17.3. The molecule has 3 aromatic rings. The molecular formula is C27H32N2O6S. The number of anilines is 1. The molecule has 0 fully saturated rings. The summed E-state index contributed by atoms with van der Waals surface area (Å²) in [6.07, 6.45) is 0. The largest absolute Gasteiger partial charge is 0.494 e. The van der Waals surface area contributed by atoms with E-state index in [9.17, 15) is 13.2 Å². The third kappa shape index (κ3) is 6.48. The van der Waals surface area contributed by atoms with Gasteiger partial charge in [0.2, 0.25) is 5.91 Å². The number of nitrogens with zero attached hydrogens (tertiary/aromatic N) is 1. The van der Waals surface area contributed by atoms with Gasteiger partial charge in [0.15, 0.2) is 11.5 Å². The Morgan fingerprint density at radius 3 is 2.22 bits per heavy atom. The van der Waals surface area contributed by atoms with Gasteiger partial charge in [-0.1, -0.05) is 37.3 Å². The van der Waals surface area contributed by atoms with Gasteiger partial charge in [0.1, 0.15) is 12.3 Å². The lowest BCUT2D eigenvalue weighted by molar-refractivity contribution is -0.119. The molecule has 36 heavy (non-hydrogen) atoms. The van der Waals surface area contributed by atoms with E-state index in [2.05, 4.69) is 5.32 Å². The molecular weight excluding hydrogens is 480 g/mol. The Labute approximate surface area is 212 Å². The van der Waals surface area contributed by atoms with Crippen molar-refractivity contribution < 1.29 is 27.4 Å². The average molecular weight is 513 g/mol. The van der Waals surface area contributed by atoms with Gasteiger partial charge >= 0.3 is 0 Å². The molecule has 1 N–H and O–H groups in total. The summed E-state index contributed by atoms with van der Waals surface area (Å²) >= 11 is 0. The number of hydrogen-bond donors (Lipinski definition) is 1. The van der Waals surface area contributed by atoms with E-state index in [1.807, 2.05) is 44.2 Å². The minimum absolute atomic E-state index is 0.0283. The second-order valence-electron chi connectivity index (χ2n) is 8.07. The maximum absolute atomic E-state index is 13.7. The summed E-state index contributed by atoms with van der Waals surface area (Å²) in [6.45, 7) is 4.32. The van der Waals surface area contributed by atoms with Gasteiger partial charge in [-0.15, -0.1) is 0 Å². The zero-order valence-corrected chi connectivity index (χ0v) is 21.7. The van der Waals surface area contributed by atoms with Gasteiger partial charge in [-0.25, -0.2) is 8.42 Å². The van der Waals surface area contributed by atoms with Crippen molar-refractivity contribution >= 4 is 21.6 Å². The fraction of sp³-hybridized carbons (Fsp3) is 0.296. The van der Waals surface area contributed by atoms with Gasteiger partial charge < -0.3 is 19.5 Å². The predicted octanol–water partition coefficient (Wildman–Crippen LogP) is 4.22. The van der Waals surface area contributed by atoms with Crippen LogP contribution >= 0.6 is 0 Å². The highest BCUT2D eigenvalue weighted by molar-refractivity contribution is 7.92. The molecule has 0 bridgehead atoms. The maximum atomic E-state index is 13.7. The van der Waals surface area contributed by atoms with E-state index in [4.69, 9.17) is 14.2 Å². The molecule has 0 unspecified atom stereocenters. The number of nitrogens with one attached hydrogen (secondary N) is 1. The van der Waals surface area contributed by atoms with Crippen LogP contribution in [0.15, 0.2) is 77.7 Å². The molecule has 3 aromatic carbocycles. The van der Waals surface area contributed by atoms with Gasteiger partial charge in [-0.3, -0.25) is 9.10 Å².